The molecule has 10 heteroatoms. The van der Waals surface area contributed by atoms with Crippen LogP contribution in [0.4, 0.5) is 5.82 Å². The smallest absolute Gasteiger partial charge is 0.294 e. The van der Waals surface area contributed by atoms with Gasteiger partial charge in [-0.1, -0.05) is 53.0 Å². The van der Waals surface area contributed by atoms with Crippen molar-refractivity contribution in [2.45, 2.75) is 19.9 Å². The number of nitriles is 1. The molecule has 3 aromatic carbocycles. The number of aromatic nitrogens is 3. The lowest BCUT2D eigenvalue weighted by Gasteiger charge is -2.11. The molecule has 5 aromatic rings. The summed E-state index contributed by atoms with van der Waals surface area (Å²) in [5.74, 6) is 0.0648. The standard InChI is InChI=1S/C28H22Cl2N6O2/c1-17-3-5-18(6-4-17)26(37)25-22(16-31)27(36(34-25)21-10-7-19(29)8-11-21)33-13-2-14-35-23-15-20(30)9-12-24(23)38-28(35)32/h3-12,15,32-33H,2,13-14H2,1H3. The zero-order chi connectivity index (χ0) is 26.8. The summed E-state index contributed by atoms with van der Waals surface area (Å²) >= 11 is 12.2. The minimum Gasteiger partial charge on any atom is -0.424 e. The maximum atomic E-state index is 13.3. The van der Waals surface area contributed by atoms with Gasteiger partial charge in [-0.3, -0.25) is 14.8 Å². The van der Waals surface area contributed by atoms with Crippen molar-refractivity contribution in [3.05, 3.63) is 105 Å². The van der Waals surface area contributed by atoms with Gasteiger partial charge in [-0.05, 0) is 55.8 Å². The van der Waals surface area contributed by atoms with E-state index >= 15 is 0 Å². The number of benzene rings is 3. The summed E-state index contributed by atoms with van der Waals surface area (Å²) in [6.07, 6.45) is 0.593. The number of hydrogen-bond acceptors (Lipinski definition) is 6. The highest BCUT2D eigenvalue weighted by Gasteiger charge is 2.25. The van der Waals surface area contributed by atoms with Crippen LogP contribution < -0.4 is 11.0 Å². The molecule has 0 unspecified atom stereocenters. The average Bonchev–Trinajstić information content (AvgIpc) is 3.43. The largest absolute Gasteiger partial charge is 0.424 e. The predicted octanol–water partition coefficient (Wildman–Crippen LogP) is 6.12. The Morgan fingerprint density at radius 1 is 1.08 bits per heavy atom. The Kier molecular flexibility index (Phi) is 7.05. The Morgan fingerprint density at radius 3 is 2.50 bits per heavy atom. The van der Waals surface area contributed by atoms with Crippen molar-refractivity contribution in [2.24, 2.45) is 0 Å². The summed E-state index contributed by atoms with van der Waals surface area (Å²) in [5.41, 5.74) is 3.68. The maximum Gasteiger partial charge on any atom is 0.294 e. The molecule has 8 nitrogen and oxygen atoms in total. The fourth-order valence-electron chi connectivity index (χ4n) is 4.18. The lowest BCUT2D eigenvalue weighted by Crippen LogP contribution is -2.17. The molecule has 0 saturated carbocycles. The molecule has 0 spiro atoms. The third kappa shape index (κ3) is 4.94. The summed E-state index contributed by atoms with van der Waals surface area (Å²) < 4.78 is 8.80. The fraction of sp³-hybridized carbons (Fsp3) is 0.143. The number of oxazole rings is 1. The molecule has 38 heavy (non-hydrogen) atoms. The van der Waals surface area contributed by atoms with E-state index in [0.717, 1.165) is 11.1 Å². The number of carbonyl (C=O) groups excluding carboxylic acids is 1. The van der Waals surface area contributed by atoms with Gasteiger partial charge in [0.2, 0.25) is 5.78 Å². The van der Waals surface area contributed by atoms with Gasteiger partial charge >= 0.3 is 0 Å². The molecule has 0 radical (unpaired) electrons. The number of carbonyl (C=O) groups is 1. The van der Waals surface area contributed by atoms with E-state index in [2.05, 4.69) is 16.5 Å². The van der Waals surface area contributed by atoms with Gasteiger partial charge in [0.1, 0.15) is 17.5 Å². The average molecular weight is 545 g/mol. The molecule has 0 bridgehead atoms. The molecule has 0 amide bonds. The summed E-state index contributed by atoms with van der Waals surface area (Å²) in [6, 6.07) is 21.5. The first kappa shape index (κ1) is 25.3. The predicted molar refractivity (Wildman–Crippen MR) is 146 cm³/mol. The van der Waals surface area contributed by atoms with E-state index in [4.69, 9.17) is 33.0 Å². The van der Waals surface area contributed by atoms with Crippen LogP contribution in [0.3, 0.4) is 0 Å². The third-order valence-electron chi connectivity index (χ3n) is 6.11. The van der Waals surface area contributed by atoms with Gasteiger partial charge < -0.3 is 9.73 Å². The van der Waals surface area contributed by atoms with Crippen LogP contribution in [-0.2, 0) is 6.54 Å². The number of aryl methyl sites for hydroxylation is 2. The molecule has 0 atom stereocenters. The highest BCUT2D eigenvalue weighted by atomic mass is 35.5. The van der Waals surface area contributed by atoms with Gasteiger partial charge in [0.25, 0.3) is 5.68 Å². The van der Waals surface area contributed by atoms with Crippen LogP contribution in [0.25, 0.3) is 16.8 Å². The van der Waals surface area contributed by atoms with E-state index in [9.17, 15) is 10.1 Å². The Morgan fingerprint density at radius 2 is 1.79 bits per heavy atom. The van der Waals surface area contributed by atoms with Crippen LogP contribution in [-0.4, -0.2) is 26.7 Å². The van der Waals surface area contributed by atoms with E-state index in [1.54, 1.807) is 63.8 Å². The minimum atomic E-state index is -0.339. The van der Waals surface area contributed by atoms with E-state index < -0.39 is 0 Å². The molecule has 0 aliphatic rings. The second kappa shape index (κ2) is 10.6. The third-order valence-corrected chi connectivity index (χ3v) is 6.60. The van der Waals surface area contributed by atoms with Crippen LogP contribution in [0.1, 0.15) is 33.6 Å². The quantitative estimate of drug-likeness (QED) is 0.180. The van der Waals surface area contributed by atoms with Crippen LogP contribution >= 0.6 is 23.2 Å². The topological polar surface area (TPSA) is 113 Å². The second-order valence-corrected chi connectivity index (χ2v) is 9.59. The number of nitrogens with zero attached hydrogens (tertiary/aromatic N) is 4. The summed E-state index contributed by atoms with van der Waals surface area (Å²) in [5, 5.41) is 27.2. The Bertz CT molecular complexity index is 1740. The van der Waals surface area contributed by atoms with Gasteiger partial charge in [0, 0.05) is 28.7 Å². The Hall–Kier alpha value is -4.32. The van der Waals surface area contributed by atoms with Gasteiger partial charge in [-0.25, -0.2) is 4.68 Å². The van der Waals surface area contributed by atoms with Crippen molar-refractivity contribution in [1.29, 1.82) is 10.7 Å². The molecule has 0 aliphatic carbocycles. The monoisotopic (exact) mass is 544 g/mol. The summed E-state index contributed by atoms with van der Waals surface area (Å²) in [6.45, 7) is 2.85. The molecular weight excluding hydrogens is 523 g/mol. The first-order valence-electron chi connectivity index (χ1n) is 11.8. The lowest BCUT2D eigenvalue weighted by atomic mass is 10.0. The maximum absolute atomic E-state index is 13.3. The molecule has 0 aliphatic heterocycles. The highest BCUT2D eigenvalue weighted by molar-refractivity contribution is 6.31. The molecule has 2 aromatic heterocycles. The summed E-state index contributed by atoms with van der Waals surface area (Å²) in [7, 11) is 0. The van der Waals surface area contributed by atoms with E-state index in [0.29, 0.717) is 52.2 Å². The zero-order valence-corrected chi connectivity index (χ0v) is 21.8. The number of ketones is 1. The molecule has 2 heterocycles. The molecule has 190 valence electrons. The normalized spacial score (nSPS) is 11.0. The van der Waals surface area contributed by atoms with Crippen molar-refractivity contribution in [2.75, 3.05) is 11.9 Å². The molecule has 5 rings (SSSR count). The van der Waals surface area contributed by atoms with Crippen molar-refractivity contribution >= 4 is 45.9 Å². The van der Waals surface area contributed by atoms with Crippen LogP contribution in [0.2, 0.25) is 10.0 Å². The van der Waals surface area contributed by atoms with Crippen LogP contribution in [0, 0.1) is 23.7 Å². The van der Waals surface area contributed by atoms with Gasteiger partial charge in [0.05, 0.1) is 11.2 Å². The number of anilines is 1. The molecule has 2 N–H and O–H groups in total. The number of fused-ring (bicyclic) bond motifs is 1. The van der Waals surface area contributed by atoms with Crippen molar-refractivity contribution < 1.29 is 9.21 Å². The number of nitrogens with one attached hydrogen (secondary N) is 2. The van der Waals surface area contributed by atoms with Crippen LogP contribution in [0.15, 0.2) is 71.1 Å². The van der Waals surface area contributed by atoms with E-state index in [1.807, 2.05) is 19.1 Å². The van der Waals surface area contributed by atoms with Crippen LogP contribution in [0.5, 0.6) is 0 Å². The van der Waals surface area contributed by atoms with Crippen molar-refractivity contribution in [3.8, 4) is 11.8 Å². The summed E-state index contributed by atoms with van der Waals surface area (Å²) in [4.78, 5) is 13.3. The minimum absolute atomic E-state index is 0.0252. The van der Waals surface area contributed by atoms with Crippen molar-refractivity contribution in [3.63, 3.8) is 0 Å². The lowest BCUT2D eigenvalue weighted by molar-refractivity contribution is 0.103. The van der Waals surface area contributed by atoms with Gasteiger partial charge in [-0.2, -0.15) is 10.4 Å². The van der Waals surface area contributed by atoms with Gasteiger partial charge in [0.15, 0.2) is 11.3 Å². The number of halogens is 2. The molecule has 0 fully saturated rings. The Balaban J connectivity index is 1.45. The van der Waals surface area contributed by atoms with E-state index in [-0.39, 0.29) is 22.7 Å². The Labute approximate surface area is 228 Å². The zero-order valence-electron chi connectivity index (χ0n) is 20.3. The first-order chi connectivity index (χ1) is 18.4. The number of rotatable bonds is 8. The number of hydrogen-bond donors (Lipinski definition) is 2. The SMILES string of the molecule is Cc1ccc(C(=O)c2nn(-c3ccc(Cl)cc3)c(NCCCn3c(=N)oc4ccc(Cl)cc43)c2C#N)cc1. The molecule has 0 saturated heterocycles. The second-order valence-electron chi connectivity index (χ2n) is 8.72. The van der Waals surface area contributed by atoms with Crippen molar-refractivity contribution in [1.82, 2.24) is 14.3 Å². The fourth-order valence-corrected chi connectivity index (χ4v) is 4.47. The van der Waals surface area contributed by atoms with E-state index in [1.165, 1.54) is 0 Å². The highest BCUT2D eigenvalue weighted by Crippen LogP contribution is 2.27. The molecular formula is C28H22Cl2N6O2. The first-order valence-corrected chi connectivity index (χ1v) is 12.6. The van der Waals surface area contributed by atoms with Gasteiger partial charge in [-0.15, -0.1) is 0 Å².